The highest BCUT2D eigenvalue weighted by Gasteiger charge is 1.95. The maximum atomic E-state index is 10.1. The quantitative estimate of drug-likeness (QED) is 0.500. The Bertz CT molecular complexity index is 355. The van der Waals surface area contributed by atoms with E-state index in [9.17, 15) is 4.79 Å². The van der Waals surface area contributed by atoms with Crippen LogP contribution in [0, 0.1) is 0 Å². The maximum absolute atomic E-state index is 10.1. The van der Waals surface area contributed by atoms with Crippen LogP contribution in [0.2, 0.25) is 0 Å². The molecule has 0 aliphatic carbocycles. The third kappa shape index (κ3) is 18.6. The monoisotopic (exact) mass is 325 g/mol. The van der Waals surface area contributed by atoms with Crippen LogP contribution in [-0.2, 0) is 11.2 Å². The molecule has 0 aliphatic heterocycles. The lowest BCUT2D eigenvalue weighted by molar-refractivity contribution is -0.137. The molecule has 5 N–H and O–H groups in total. The van der Waals surface area contributed by atoms with Crippen LogP contribution < -0.4 is 6.15 Å². The lowest BCUT2D eigenvalue weighted by Crippen LogP contribution is -1.93. The van der Waals surface area contributed by atoms with Crippen molar-refractivity contribution in [1.82, 2.24) is 6.15 Å². The van der Waals surface area contributed by atoms with Crippen molar-refractivity contribution in [2.75, 3.05) is 6.61 Å². The van der Waals surface area contributed by atoms with E-state index < -0.39 is 5.97 Å². The van der Waals surface area contributed by atoms with Crippen LogP contribution in [0.5, 0.6) is 0 Å². The van der Waals surface area contributed by atoms with Gasteiger partial charge in [-0.25, -0.2) is 0 Å². The number of aliphatic hydroxyl groups is 1. The highest BCUT2D eigenvalue weighted by atomic mass is 16.4. The number of carbonyl (C=O) groups is 1. The largest absolute Gasteiger partial charge is 0.481 e. The Morgan fingerprint density at radius 2 is 1.48 bits per heavy atom. The second kappa shape index (κ2) is 18.7. The summed E-state index contributed by atoms with van der Waals surface area (Å²) in [6.07, 6.45) is 10.5. The Kier molecular flexibility index (Phi) is 19.4. The minimum atomic E-state index is -0.663. The van der Waals surface area contributed by atoms with Gasteiger partial charge in [0.15, 0.2) is 0 Å². The topological polar surface area (TPSA) is 92.5 Å². The summed E-state index contributed by atoms with van der Waals surface area (Å²) in [5, 5.41) is 16.9. The number of hydrogen-bond donors (Lipinski definition) is 3. The molecule has 0 aliphatic rings. The van der Waals surface area contributed by atoms with Gasteiger partial charge in [0.2, 0.25) is 0 Å². The van der Waals surface area contributed by atoms with Gasteiger partial charge in [-0.3, -0.25) is 4.79 Å². The predicted octanol–water partition coefficient (Wildman–Crippen LogP) is 4.99. The summed E-state index contributed by atoms with van der Waals surface area (Å²) in [6.45, 7) is 2.49. The standard InChI is InChI=1S/C10H20O2.C9H12O.H3N/c1-2-3-4-5-6-7-8-9-10(11)12;10-8-4-7-9-5-2-1-3-6-9;/h2-9H2,1H3,(H,11,12);1-3,5-6,10H,4,7-8H2;1H3. The zero-order valence-corrected chi connectivity index (χ0v) is 14.7. The Labute approximate surface area is 141 Å². The van der Waals surface area contributed by atoms with Gasteiger partial charge >= 0.3 is 5.97 Å². The zero-order chi connectivity index (χ0) is 16.5. The molecule has 0 radical (unpaired) electrons. The number of aliphatic hydroxyl groups excluding tert-OH is 1. The molecular weight excluding hydrogens is 290 g/mol. The Balaban J connectivity index is 0. The van der Waals surface area contributed by atoms with Gasteiger partial charge < -0.3 is 16.4 Å². The second-order valence-corrected chi connectivity index (χ2v) is 5.58. The summed E-state index contributed by atoms with van der Waals surface area (Å²) in [5.41, 5.74) is 1.30. The van der Waals surface area contributed by atoms with Gasteiger partial charge in [0.1, 0.15) is 0 Å². The third-order valence-corrected chi connectivity index (χ3v) is 3.46. The number of rotatable bonds is 11. The molecule has 1 rings (SSSR count). The summed E-state index contributed by atoms with van der Waals surface area (Å²) in [4.78, 5) is 10.1. The van der Waals surface area contributed by atoms with Crippen LogP contribution in [0.3, 0.4) is 0 Å². The summed E-state index contributed by atoms with van der Waals surface area (Å²) in [6, 6.07) is 10.2. The molecular formula is C19H35NO3. The van der Waals surface area contributed by atoms with Gasteiger partial charge in [-0.15, -0.1) is 0 Å². The van der Waals surface area contributed by atoms with E-state index in [4.69, 9.17) is 10.2 Å². The van der Waals surface area contributed by atoms with Gasteiger partial charge in [-0.1, -0.05) is 75.8 Å². The van der Waals surface area contributed by atoms with E-state index in [1.807, 2.05) is 18.2 Å². The van der Waals surface area contributed by atoms with Crippen LogP contribution in [0.4, 0.5) is 0 Å². The Hall–Kier alpha value is -1.39. The maximum Gasteiger partial charge on any atom is 0.303 e. The Morgan fingerprint density at radius 3 is 2.00 bits per heavy atom. The van der Waals surface area contributed by atoms with Crippen molar-refractivity contribution in [3.63, 3.8) is 0 Å². The molecule has 4 nitrogen and oxygen atoms in total. The highest BCUT2D eigenvalue weighted by molar-refractivity contribution is 5.66. The average Bonchev–Trinajstić information content (AvgIpc) is 2.53. The molecule has 0 atom stereocenters. The zero-order valence-electron chi connectivity index (χ0n) is 14.7. The van der Waals surface area contributed by atoms with Crippen molar-refractivity contribution < 1.29 is 15.0 Å². The molecule has 0 saturated carbocycles. The molecule has 0 saturated heterocycles. The first-order chi connectivity index (χ1) is 10.7. The van der Waals surface area contributed by atoms with Crippen LogP contribution in [-0.4, -0.2) is 22.8 Å². The molecule has 1 aromatic carbocycles. The summed E-state index contributed by atoms with van der Waals surface area (Å²) in [7, 11) is 0. The molecule has 0 aromatic heterocycles. The van der Waals surface area contributed by atoms with E-state index in [-0.39, 0.29) is 12.8 Å². The van der Waals surface area contributed by atoms with Gasteiger partial charge in [-0.2, -0.15) is 0 Å². The Morgan fingerprint density at radius 1 is 0.913 bits per heavy atom. The van der Waals surface area contributed by atoms with Crippen molar-refractivity contribution in [1.29, 1.82) is 0 Å². The minimum absolute atomic E-state index is 0. The van der Waals surface area contributed by atoms with Crippen molar-refractivity contribution in [3.8, 4) is 0 Å². The molecule has 4 heteroatoms. The fraction of sp³-hybridized carbons (Fsp3) is 0.632. The van der Waals surface area contributed by atoms with Crippen LogP contribution >= 0.6 is 0 Å². The molecule has 134 valence electrons. The van der Waals surface area contributed by atoms with E-state index >= 15 is 0 Å². The molecule has 1 aromatic rings. The lowest BCUT2D eigenvalue weighted by Gasteiger charge is -1.98. The normalized spacial score (nSPS) is 9.48. The fourth-order valence-corrected chi connectivity index (χ4v) is 2.16. The predicted molar refractivity (Wildman–Crippen MR) is 97.1 cm³/mol. The first-order valence-electron chi connectivity index (χ1n) is 8.57. The number of benzene rings is 1. The molecule has 0 heterocycles. The molecule has 23 heavy (non-hydrogen) atoms. The van der Waals surface area contributed by atoms with Crippen molar-refractivity contribution in [3.05, 3.63) is 35.9 Å². The number of hydrogen-bond acceptors (Lipinski definition) is 3. The van der Waals surface area contributed by atoms with Gasteiger partial charge in [-0.05, 0) is 24.8 Å². The molecule has 0 unspecified atom stereocenters. The van der Waals surface area contributed by atoms with E-state index in [1.165, 1.54) is 37.7 Å². The number of carboxylic acids is 1. The van der Waals surface area contributed by atoms with E-state index in [1.54, 1.807) is 0 Å². The fourth-order valence-electron chi connectivity index (χ4n) is 2.16. The van der Waals surface area contributed by atoms with Gasteiger partial charge in [0, 0.05) is 13.0 Å². The van der Waals surface area contributed by atoms with Gasteiger partial charge in [0.05, 0.1) is 0 Å². The number of aryl methyl sites for hydroxylation is 1. The first-order valence-corrected chi connectivity index (χ1v) is 8.57. The first kappa shape index (κ1) is 23.9. The number of unbranched alkanes of at least 4 members (excludes halogenated alkanes) is 6. The molecule has 0 amide bonds. The van der Waals surface area contributed by atoms with Crippen LogP contribution in [0.25, 0.3) is 0 Å². The van der Waals surface area contributed by atoms with Crippen LogP contribution in [0.1, 0.15) is 70.3 Å². The summed E-state index contributed by atoms with van der Waals surface area (Å²) < 4.78 is 0. The van der Waals surface area contributed by atoms with Crippen molar-refractivity contribution >= 4 is 5.97 Å². The van der Waals surface area contributed by atoms with E-state index in [2.05, 4.69) is 19.1 Å². The smallest absolute Gasteiger partial charge is 0.303 e. The van der Waals surface area contributed by atoms with Crippen molar-refractivity contribution in [2.45, 2.75) is 71.1 Å². The third-order valence-electron chi connectivity index (χ3n) is 3.46. The van der Waals surface area contributed by atoms with Gasteiger partial charge in [0.25, 0.3) is 0 Å². The molecule has 0 bridgehead atoms. The minimum Gasteiger partial charge on any atom is -0.481 e. The summed E-state index contributed by atoms with van der Waals surface area (Å²) in [5.74, 6) is -0.663. The number of aliphatic carboxylic acids is 1. The number of carboxylic acid groups (broad SMARTS) is 1. The SMILES string of the molecule is CCCCCCCCCC(=O)O.N.OCCCc1ccccc1. The summed E-state index contributed by atoms with van der Waals surface area (Å²) >= 11 is 0. The van der Waals surface area contributed by atoms with Crippen molar-refractivity contribution in [2.24, 2.45) is 0 Å². The van der Waals surface area contributed by atoms with Crippen LogP contribution in [0.15, 0.2) is 30.3 Å². The highest BCUT2D eigenvalue weighted by Crippen LogP contribution is 2.07. The molecule has 0 fully saturated rings. The average molecular weight is 325 g/mol. The second-order valence-electron chi connectivity index (χ2n) is 5.58. The lowest BCUT2D eigenvalue weighted by atomic mass is 10.1. The van der Waals surface area contributed by atoms with E-state index in [0.29, 0.717) is 6.42 Å². The van der Waals surface area contributed by atoms with E-state index in [0.717, 1.165) is 25.7 Å². The molecule has 0 spiro atoms.